The van der Waals surface area contributed by atoms with Gasteiger partial charge in [0.2, 0.25) is 0 Å². The van der Waals surface area contributed by atoms with Crippen LogP contribution in [-0.4, -0.2) is 33.7 Å². The first-order valence-electron chi connectivity index (χ1n) is 10.1. The number of hydrogen-bond donors (Lipinski definition) is 2. The number of ether oxygens (including phenoxy) is 2. The SMILES string of the molecule is COc1cc(O)cc(OC)c1/C=C1\Sc2ccc(S(=O)(=O)Cc3c(Cl)cccc3Cl)cc2NC1=O. The molecule has 11 heteroatoms. The summed E-state index contributed by atoms with van der Waals surface area (Å²) in [6.45, 7) is 0. The zero-order valence-electron chi connectivity index (χ0n) is 18.5. The number of anilines is 1. The Kier molecular flexibility index (Phi) is 7.23. The molecule has 4 rings (SSSR count). The van der Waals surface area contributed by atoms with Gasteiger partial charge in [-0.15, -0.1) is 0 Å². The summed E-state index contributed by atoms with van der Waals surface area (Å²) in [5, 5.41) is 13.1. The standard InChI is InChI=1S/C24H19Cl2NO6S2/c1-32-20-8-13(28)9-21(33-2)15(20)11-23-24(29)27-19-10-14(6-7-22(19)34-23)35(30,31)12-16-17(25)4-3-5-18(16)26/h3-11,28H,12H2,1-2H3,(H,27,29)/b23-11-. The van der Waals surface area contributed by atoms with Crippen LogP contribution in [0.15, 0.2) is 63.2 Å². The Morgan fingerprint density at radius 3 is 2.26 bits per heavy atom. The lowest BCUT2D eigenvalue weighted by atomic mass is 10.1. The van der Waals surface area contributed by atoms with E-state index in [1.54, 1.807) is 30.3 Å². The molecule has 3 aromatic rings. The number of aromatic hydroxyl groups is 1. The van der Waals surface area contributed by atoms with Crippen LogP contribution in [0.25, 0.3) is 6.08 Å². The van der Waals surface area contributed by atoms with Gasteiger partial charge < -0.3 is 19.9 Å². The number of fused-ring (bicyclic) bond motifs is 1. The molecule has 0 aromatic heterocycles. The van der Waals surface area contributed by atoms with E-state index in [1.807, 2.05) is 0 Å². The molecule has 35 heavy (non-hydrogen) atoms. The molecule has 7 nitrogen and oxygen atoms in total. The summed E-state index contributed by atoms with van der Waals surface area (Å²) in [5.41, 5.74) is 1.16. The fourth-order valence-electron chi connectivity index (χ4n) is 3.47. The van der Waals surface area contributed by atoms with Crippen molar-refractivity contribution in [1.29, 1.82) is 0 Å². The number of methoxy groups -OCH3 is 2. The molecular formula is C24H19Cl2NO6S2. The predicted molar refractivity (Wildman–Crippen MR) is 137 cm³/mol. The first-order valence-corrected chi connectivity index (χ1v) is 13.3. The molecule has 1 amide bonds. The first kappa shape index (κ1) is 25.2. The highest BCUT2D eigenvalue weighted by atomic mass is 35.5. The van der Waals surface area contributed by atoms with Crippen molar-refractivity contribution in [3.05, 3.63) is 74.6 Å². The van der Waals surface area contributed by atoms with E-state index >= 15 is 0 Å². The maximum atomic E-state index is 13.1. The van der Waals surface area contributed by atoms with E-state index in [1.165, 1.54) is 50.2 Å². The molecule has 0 saturated heterocycles. The molecule has 1 aliphatic heterocycles. The molecule has 3 aromatic carbocycles. The van der Waals surface area contributed by atoms with E-state index in [0.717, 1.165) is 0 Å². The number of thioether (sulfide) groups is 1. The van der Waals surface area contributed by atoms with Gasteiger partial charge in [0.1, 0.15) is 17.2 Å². The van der Waals surface area contributed by atoms with E-state index in [4.69, 9.17) is 32.7 Å². The number of phenols is 1. The number of amides is 1. The molecule has 0 aliphatic carbocycles. The number of nitrogens with one attached hydrogen (secondary N) is 1. The Balaban J connectivity index is 1.67. The van der Waals surface area contributed by atoms with Gasteiger partial charge in [-0.05, 0) is 36.4 Å². The van der Waals surface area contributed by atoms with E-state index in [2.05, 4.69) is 5.32 Å². The van der Waals surface area contributed by atoms with Crippen LogP contribution >= 0.6 is 35.0 Å². The van der Waals surface area contributed by atoms with Crippen molar-refractivity contribution < 1.29 is 27.8 Å². The number of carbonyl (C=O) groups is 1. The van der Waals surface area contributed by atoms with Gasteiger partial charge in [0, 0.05) is 32.6 Å². The third-order valence-corrected chi connectivity index (χ3v) is 8.65. The average Bonchev–Trinajstić information content (AvgIpc) is 2.82. The van der Waals surface area contributed by atoms with Gasteiger partial charge in [-0.3, -0.25) is 4.79 Å². The minimum Gasteiger partial charge on any atom is -0.508 e. The summed E-state index contributed by atoms with van der Waals surface area (Å²) in [7, 11) is -0.911. The zero-order chi connectivity index (χ0) is 25.3. The predicted octanol–water partition coefficient (Wildman–Crippen LogP) is 5.78. The van der Waals surface area contributed by atoms with Crippen molar-refractivity contribution >= 4 is 62.5 Å². The second kappa shape index (κ2) is 10.0. The summed E-state index contributed by atoms with van der Waals surface area (Å²) in [5.74, 6) is -0.194. The molecule has 0 unspecified atom stereocenters. The number of halogens is 2. The van der Waals surface area contributed by atoms with Crippen molar-refractivity contribution in [2.24, 2.45) is 0 Å². The molecule has 2 N–H and O–H groups in total. The smallest absolute Gasteiger partial charge is 0.262 e. The van der Waals surface area contributed by atoms with Crippen molar-refractivity contribution in [3.63, 3.8) is 0 Å². The minimum absolute atomic E-state index is 0.0300. The van der Waals surface area contributed by atoms with E-state index in [0.29, 0.717) is 38.1 Å². The van der Waals surface area contributed by atoms with Crippen molar-refractivity contribution in [3.8, 4) is 17.2 Å². The Morgan fingerprint density at radius 1 is 1.03 bits per heavy atom. The van der Waals surface area contributed by atoms with Crippen LogP contribution in [0, 0.1) is 0 Å². The van der Waals surface area contributed by atoms with Crippen LogP contribution in [0.1, 0.15) is 11.1 Å². The van der Waals surface area contributed by atoms with Crippen LogP contribution < -0.4 is 14.8 Å². The van der Waals surface area contributed by atoms with Gasteiger partial charge in [-0.25, -0.2) is 8.42 Å². The molecule has 1 aliphatic rings. The number of benzene rings is 3. The lowest BCUT2D eigenvalue weighted by molar-refractivity contribution is -0.112. The van der Waals surface area contributed by atoms with E-state index < -0.39 is 15.7 Å². The molecule has 0 fully saturated rings. The third kappa shape index (κ3) is 5.23. The van der Waals surface area contributed by atoms with Gasteiger partial charge >= 0.3 is 0 Å². The van der Waals surface area contributed by atoms with Crippen LogP contribution in [0.4, 0.5) is 5.69 Å². The lowest BCUT2D eigenvalue weighted by Gasteiger charge is -2.20. The van der Waals surface area contributed by atoms with Gasteiger partial charge in [0.25, 0.3) is 5.91 Å². The number of phenolic OH excluding ortho intramolecular Hbond substituents is 1. The molecule has 0 radical (unpaired) electrons. The molecule has 1 heterocycles. The maximum Gasteiger partial charge on any atom is 0.262 e. The molecule has 0 atom stereocenters. The summed E-state index contributed by atoms with van der Waals surface area (Å²) < 4.78 is 36.7. The fraction of sp³-hybridized carbons (Fsp3) is 0.125. The van der Waals surface area contributed by atoms with Crippen molar-refractivity contribution in [2.45, 2.75) is 15.5 Å². The Morgan fingerprint density at radius 2 is 1.66 bits per heavy atom. The number of sulfone groups is 1. The molecule has 0 saturated carbocycles. The van der Waals surface area contributed by atoms with Crippen molar-refractivity contribution in [2.75, 3.05) is 19.5 Å². The zero-order valence-corrected chi connectivity index (χ0v) is 21.6. The van der Waals surface area contributed by atoms with E-state index in [9.17, 15) is 18.3 Å². The number of rotatable bonds is 6. The highest BCUT2D eigenvalue weighted by Crippen LogP contribution is 2.43. The lowest BCUT2D eigenvalue weighted by Crippen LogP contribution is -2.18. The van der Waals surface area contributed by atoms with Crippen molar-refractivity contribution in [1.82, 2.24) is 0 Å². The summed E-state index contributed by atoms with van der Waals surface area (Å²) in [6.07, 6.45) is 1.59. The van der Waals surface area contributed by atoms with Crippen LogP contribution in [0.5, 0.6) is 17.2 Å². The van der Waals surface area contributed by atoms with Crippen LogP contribution in [0.3, 0.4) is 0 Å². The molecular weight excluding hydrogens is 533 g/mol. The fourth-order valence-corrected chi connectivity index (χ4v) is 6.51. The highest BCUT2D eigenvalue weighted by Gasteiger charge is 2.26. The maximum absolute atomic E-state index is 13.1. The van der Waals surface area contributed by atoms with Crippen LogP contribution in [-0.2, 0) is 20.4 Å². The van der Waals surface area contributed by atoms with Gasteiger partial charge in [-0.2, -0.15) is 0 Å². The second-order valence-corrected chi connectivity index (χ2v) is 11.3. The Bertz CT molecular complexity index is 1430. The molecule has 182 valence electrons. The second-order valence-electron chi connectivity index (χ2n) is 7.45. The number of hydrogen-bond acceptors (Lipinski definition) is 7. The summed E-state index contributed by atoms with van der Waals surface area (Å²) >= 11 is 13.5. The summed E-state index contributed by atoms with van der Waals surface area (Å²) in [6, 6.07) is 12.1. The molecule has 0 spiro atoms. The molecule has 0 bridgehead atoms. The van der Waals surface area contributed by atoms with Gasteiger partial charge in [0.15, 0.2) is 9.84 Å². The Labute approximate surface area is 216 Å². The third-order valence-electron chi connectivity index (χ3n) is 5.20. The quantitative estimate of drug-likeness (QED) is 0.374. The topological polar surface area (TPSA) is 102 Å². The highest BCUT2D eigenvalue weighted by molar-refractivity contribution is 8.04. The average molecular weight is 552 g/mol. The van der Waals surface area contributed by atoms with Crippen LogP contribution in [0.2, 0.25) is 10.0 Å². The first-order chi connectivity index (χ1) is 16.6. The monoisotopic (exact) mass is 551 g/mol. The number of carbonyl (C=O) groups excluding carboxylic acids is 1. The van der Waals surface area contributed by atoms with Gasteiger partial charge in [-0.1, -0.05) is 41.0 Å². The summed E-state index contributed by atoms with van der Waals surface area (Å²) in [4.78, 5) is 13.9. The minimum atomic E-state index is -3.79. The Hall–Kier alpha value is -2.85. The normalized spacial score (nSPS) is 14.4. The van der Waals surface area contributed by atoms with Gasteiger partial charge in [0.05, 0.1) is 41.0 Å². The largest absolute Gasteiger partial charge is 0.508 e. The van der Waals surface area contributed by atoms with E-state index in [-0.39, 0.29) is 26.4 Å².